The quantitative estimate of drug-likeness (QED) is 0.716. The predicted molar refractivity (Wildman–Crippen MR) is 72.4 cm³/mol. The second-order valence-corrected chi connectivity index (χ2v) is 6.81. The number of imide groups is 1. The summed E-state index contributed by atoms with van der Waals surface area (Å²) < 4.78 is 38.6. The van der Waals surface area contributed by atoms with E-state index in [1.54, 1.807) is 0 Å². The molecule has 2 atom stereocenters. The standard InChI is InChI=1S/C14H11BrF3NO2/c1-13(2)9-10(13)12(21)19(11(9)20)8-5-6(14(16,17)18)3-4-7(8)15/h3-5,9-10H,1-2H3. The van der Waals surface area contributed by atoms with E-state index in [1.807, 2.05) is 13.8 Å². The predicted octanol–water partition coefficient (Wildman–Crippen LogP) is 3.61. The van der Waals surface area contributed by atoms with Crippen molar-refractivity contribution in [1.82, 2.24) is 0 Å². The summed E-state index contributed by atoms with van der Waals surface area (Å²) in [5.74, 6) is -1.69. The first-order chi connectivity index (χ1) is 9.56. The molecule has 0 spiro atoms. The fourth-order valence-corrected chi connectivity index (χ4v) is 3.47. The van der Waals surface area contributed by atoms with Crippen LogP contribution in [0.4, 0.5) is 18.9 Å². The van der Waals surface area contributed by atoms with Crippen molar-refractivity contribution < 1.29 is 22.8 Å². The van der Waals surface area contributed by atoms with Gasteiger partial charge in [-0.05, 0) is 39.5 Å². The molecule has 7 heteroatoms. The molecule has 0 N–H and O–H groups in total. The zero-order chi connectivity index (χ0) is 15.7. The second kappa shape index (κ2) is 4.09. The van der Waals surface area contributed by atoms with Crippen molar-refractivity contribution in [3.05, 3.63) is 28.2 Å². The lowest BCUT2D eigenvalue weighted by Crippen LogP contribution is -2.36. The van der Waals surface area contributed by atoms with Crippen LogP contribution in [-0.2, 0) is 15.8 Å². The van der Waals surface area contributed by atoms with Crippen LogP contribution in [0.2, 0.25) is 0 Å². The fourth-order valence-electron chi connectivity index (χ4n) is 3.04. The molecule has 1 saturated carbocycles. The van der Waals surface area contributed by atoms with Crippen molar-refractivity contribution >= 4 is 33.4 Å². The minimum absolute atomic E-state index is 0.0391. The Hall–Kier alpha value is -1.37. The molecule has 1 aliphatic heterocycles. The molecule has 0 aromatic heterocycles. The van der Waals surface area contributed by atoms with Crippen molar-refractivity contribution in [2.24, 2.45) is 17.3 Å². The van der Waals surface area contributed by atoms with E-state index >= 15 is 0 Å². The summed E-state index contributed by atoms with van der Waals surface area (Å²) in [5, 5.41) is 0. The lowest BCUT2D eigenvalue weighted by molar-refractivity contribution is -0.137. The number of hydrogen-bond acceptors (Lipinski definition) is 2. The largest absolute Gasteiger partial charge is 0.416 e. The van der Waals surface area contributed by atoms with E-state index in [2.05, 4.69) is 15.9 Å². The molecule has 2 fully saturated rings. The van der Waals surface area contributed by atoms with Crippen molar-refractivity contribution in [2.45, 2.75) is 20.0 Å². The third-order valence-corrected chi connectivity index (χ3v) is 4.99. The SMILES string of the molecule is CC1(C)C2C(=O)N(c3cc(C(F)(F)F)ccc3Br)C(=O)C21. The Kier molecular flexibility index (Phi) is 2.84. The number of halogens is 4. The summed E-state index contributed by atoms with van der Waals surface area (Å²) in [5.41, 5.74) is -1.32. The minimum Gasteiger partial charge on any atom is -0.274 e. The topological polar surface area (TPSA) is 37.4 Å². The monoisotopic (exact) mass is 361 g/mol. The summed E-state index contributed by atoms with van der Waals surface area (Å²) >= 11 is 3.11. The Morgan fingerprint density at radius 1 is 1.14 bits per heavy atom. The Balaban J connectivity index is 2.03. The maximum absolute atomic E-state index is 12.8. The van der Waals surface area contributed by atoms with Crippen molar-refractivity contribution in [2.75, 3.05) is 4.90 Å². The zero-order valence-electron chi connectivity index (χ0n) is 11.2. The highest BCUT2D eigenvalue weighted by atomic mass is 79.9. The second-order valence-electron chi connectivity index (χ2n) is 5.95. The smallest absolute Gasteiger partial charge is 0.274 e. The van der Waals surface area contributed by atoms with E-state index in [-0.39, 0.29) is 10.2 Å². The van der Waals surface area contributed by atoms with Crippen LogP contribution in [0.3, 0.4) is 0 Å². The van der Waals surface area contributed by atoms with Crippen LogP contribution in [0.5, 0.6) is 0 Å². The molecular formula is C14H11BrF3NO2. The molecule has 3 rings (SSSR count). The minimum atomic E-state index is -4.52. The van der Waals surface area contributed by atoms with Gasteiger partial charge in [-0.1, -0.05) is 13.8 Å². The number of rotatable bonds is 1. The Bertz CT molecular complexity index is 645. The van der Waals surface area contributed by atoms with Crippen LogP contribution in [0.25, 0.3) is 0 Å². The van der Waals surface area contributed by atoms with Gasteiger partial charge in [-0.3, -0.25) is 9.59 Å². The van der Waals surface area contributed by atoms with Crippen LogP contribution < -0.4 is 4.90 Å². The van der Waals surface area contributed by atoms with Gasteiger partial charge in [0, 0.05) is 4.47 Å². The highest BCUT2D eigenvalue weighted by Crippen LogP contribution is 2.64. The van der Waals surface area contributed by atoms with Crippen LogP contribution in [-0.4, -0.2) is 11.8 Å². The maximum Gasteiger partial charge on any atom is 0.416 e. The van der Waals surface area contributed by atoms with E-state index in [0.717, 1.165) is 17.0 Å². The third kappa shape index (κ3) is 1.93. The highest BCUT2D eigenvalue weighted by molar-refractivity contribution is 9.10. The molecule has 2 amide bonds. The first-order valence-corrected chi connectivity index (χ1v) is 7.10. The van der Waals surface area contributed by atoms with Crippen molar-refractivity contribution in [3.63, 3.8) is 0 Å². The Labute approximate surface area is 127 Å². The molecule has 2 aliphatic rings. The average Bonchev–Trinajstić information content (AvgIpc) is 2.80. The van der Waals surface area contributed by atoms with Gasteiger partial charge in [-0.25, -0.2) is 4.90 Å². The number of amides is 2. The Morgan fingerprint density at radius 2 is 1.67 bits per heavy atom. The first-order valence-electron chi connectivity index (χ1n) is 6.31. The number of piperidine rings is 1. The summed E-state index contributed by atoms with van der Waals surface area (Å²) in [4.78, 5) is 25.5. The van der Waals surface area contributed by atoms with Gasteiger partial charge in [-0.2, -0.15) is 13.2 Å². The zero-order valence-corrected chi connectivity index (χ0v) is 12.7. The van der Waals surface area contributed by atoms with E-state index in [9.17, 15) is 22.8 Å². The molecule has 112 valence electrons. The molecule has 2 unspecified atom stereocenters. The summed E-state index contributed by atoms with van der Waals surface area (Å²) in [6.45, 7) is 3.63. The third-order valence-electron chi connectivity index (χ3n) is 4.31. The van der Waals surface area contributed by atoms with E-state index in [0.29, 0.717) is 0 Å². The van der Waals surface area contributed by atoms with Crippen LogP contribution in [0, 0.1) is 17.3 Å². The molecule has 1 aromatic rings. The Morgan fingerprint density at radius 3 is 2.14 bits per heavy atom. The number of hydrogen-bond donors (Lipinski definition) is 0. The normalized spacial score (nSPS) is 27.0. The molecule has 0 bridgehead atoms. The van der Waals surface area contributed by atoms with E-state index < -0.39 is 40.8 Å². The highest BCUT2D eigenvalue weighted by Gasteiger charge is 2.72. The summed E-state index contributed by atoms with van der Waals surface area (Å²) in [7, 11) is 0. The molecular weight excluding hydrogens is 351 g/mol. The number of carbonyl (C=O) groups excluding carboxylic acids is 2. The lowest BCUT2D eigenvalue weighted by atomic mass is 10.0. The van der Waals surface area contributed by atoms with Crippen LogP contribution in [0.15, 0.2) is 22.7 Å². The number of fused-ring (bicyclic) bond motifs is 1. The number of alkyl halides is 3. The van der Waals surface area contributed by atoms with E-state index in [1.165, 1.54) is 6.07 Å². The summed E-state index contributed by atoms with van der Waals surface area (Å²) in [6.07, 6.45) is -4.52. The number of anilines is 1. The number of benzene rings is 1. The average molecular weight is 362 g/mol. The van der Waals surface area contributed by atoms with Gasteiger partial charge < -0.3 is 0 Å². The van der Waals surface area contributed by atoms with Crippen LogP contribution >= 0.6 is 15.9 Å². The maximum atomic E-state index is 12.8. The van der Waals surface area contributed by atoms with E-state index in [4.69, 9.17) is 0 Å². The van der Waals surface area contributed by atoms with Crippen molar-refractivity contribution in [1.29, 1.82) is 0 Å². The van der Waals surface area contributed by atoms with Gasteiger partial charge in [0.25, 0.3) is 0 Å². The summed E-state index contributed by atoms with van der Waals surface area (Å²) in [6, 6.07) is 2.94. The fraction of sp³-hybridized carbons (Fsp3) is 0.429. The molecule has 1 aliphatic carbocycles. The molecule has 1 saturated heterocycles. The van der Waals surface area contributed by atoms with Gasteiger partial charge in [0.1, 0.15) is 0 Å². The van der Waals surface area contributed by atoms with Gasteiger partial charge in [-0.15, -0.1) is 0 Å². The molecule has 21 heavy (non-hydrogen) atoms. The first kappa shape index (κ1) is 14.6. The van der Waals surface area contributed by atoms with Gasteiger partial charge in [0.2, 0.25) is 11.8 Å². The lowest BCUT2D eigenvalue weighted by Gasteiger charge is -2.22. The van der Waals surface area contributed by atoms with Crippen molar-refractivity contribution in [3.8, 4) is 0 Å². The molecule has 0 radical (unpaired) electrons. The number of nitrogens with zero attached hydrogens (tertiary/aromatic N) is 1. The number of carbonyl (C=O) groups is 2. The molecule has 3 nitrogen and oxygen atoms in total. The van der Waals surface area contributed by atoms with Gasteiger partial charge in [0.05, 0.1) is 23.1 Å². The molecule has 1 aromatic carbocycles. The van der Waals surface area contributed by atoms with Crippen LogP contribution in [0.1, 0.15) is 19.4 Å². The van der Waals surface area contributed by atoms with Gasteiger partial charge in [0.15, 0.2) is 0 Å². The van der Waals surface area contributed by atoms with Gasteiger partial charge >= 0.3 is 6.18 Å². The molecule has 1 heterocycles.